The van der Waals surface area contributed by atoms with Crippen LogP contribution in [0.1, 0.15) is 16.1 Å². The zero-order chi connectivity index (χ0) is 20.2. The van der Waals surface area contributed by atoms with E-state index in [1.54, 1.807) is 16.8 Å². The Morgan fingerprint density at radius 3 is 2.23 bits per heavy atom. The fourth-order valence-electron chi connectivity index (χ4n) is 3.10. The molecule has 6 nitrogen and oxygen atoms in total. The molecule has 2 aliphatic carbocycles. The maximum atomic E-state index is 12.2. The van der Waals surface area contributed by atoms with Crippen molar-refractivity contribution in [2.24, 2.45) is 0 Å². The van der Waals surface area contributed by atoms with Crippen molar-refractivity contribution >= 4 is 29.0 Å². The van der Waals surface area contributed by atoms with Crippen molar-refractivity contribution in [3.05, 3.63) is 104 Å². The van der Waals surface area contributed by atoms with E-state index in [1.807, 2.05) is 64.0 Å². The van der Waals surface area contributed by atoms with Gasteiger partial charge in [0.15, 0.2) is 0 Å². The van der Waals surface area contributed by atoms with Crippen LogP contribution >= 0.6 is 11.6 Å². The van der Waals surface area contributed by atoms with E-state index in [0.29, 0.717) is 29.4 Å². The van der Waals surface area contributed by atoms with Crippen molar-refractivity contribution in [2.75, 3.05) is 11.4 Å². The van der Waals surface area contributed by atoms with Crippen LogP contribution < -0.4 is 4.90 Å². The molecule has 1 aliphatic heterocycles. The zero-order valence-electron chi connectivity index (χ0n) is 15.8. The summed E-state index contributed by atoms with van der Waals surface area (Å²) in [5.41, 5.74) is 1.71. The number of ketones is 1. The maximum Gasteiger partial charge on any atom is 2.00 e. The van der Waals surface area contributed by atoms with Crippen LogP contribution in [0.2, 0.25) is 5.02 Å². The van der Waals surface area contributed by atoms with Gasteiger partial charge in [-0.25, -0.2) is 0 Å². The number of aromatic nitrogens is 3. The molecule has 0 bridgehead atoms. The number of hydrogen-bond donors (Lipinski definition) is 0. The average molecular weight is 461 g/mol. The van der Waals surface area contributed by atoms with Crippen LogP contribution in [0.4, 0.5) is 5.69 Å². The molecule has 2 heterocycles. The summed E-state index contributed by atoms with van der Waals surface area (Å²) < 4.78 is 1.66. The second-order valence-electron chi connectivity index (χ2n) is 6.45. The minimum atomic E-state index is -0.538. The van der Waals surface area contributed by atoms with E-state index in [9.17, 15) is 9.59 Å². The summed E-state index contributed by atoms with van der Waals surface area (Å²) >= 11 is 5.90. The van der Waals surface area contributed by atoms with Gasteiger partial charge in [0.05, 0.1) is 23.5 Å². The van der Waals surface area contributed by atoms with Gasteiger partial charge in [-0.3, -0.25) is 14.3 Å². The fraction of sp³-hybridized carbons (Fsp3) is 0.0909. The van der Waals surface area contributed by atoms with Crippen LogP contribution in [0.3, 0.4) is 0 Å². The van der Waals surface area contributed by atoms with Gasteiger partial charge in [-0.05, 0) is 76.0 Å². The molecule has 1 aromatic carbocycles. The summed E-state index contributed by atoms with van der Waals surface area (Å²) in [4.78, 5) is 25.7. The molecule has 5 rings (SSSR count). The summed E-state index contributed by atoms with van der Waals surface area (Å²) in [6.45, 7) is 0.776. The van der Waals surface area contributed by atoms with E-state index in [0.717, 1.165) is 11.6 Å². The second kappa shape index (κ2) is 10.6. The molecule has 8 heteroatoms. The number of halogens is 1. The van der Waals surface area contributed by atoms with Gasteiger partial charge in [0.2, 0.25) is 0 Å². The van der Waals surface area contributed by atoms with Crippen molar-refractivity contribution in [3.63, 3.8) is 0 Å². The van der Waals surface area contributed by atoms with Gasteiger partial charge in [0, 0.05) is 23.7 Å². The molecule has 30 heavy (non-hydrogen) atoms. The molecule has 2 saturated carbocycles. The molecule has 0 spiro atoms. The summed E-state index contributed by atoms with van der Waals surface area (Å²) in [5, 5.41) is 8.63. The fourth-order valence-corrected chi connectivity index (χ4v) is 3.27. The number of amides is 1. The average Bonchev–Trinajstić information content (AvgIpc) is 3.52. The van der Waals surface area contributed by atoms with E-state index in [2.05, 4.69) is 10.3 Å². The number of fused-ring (bicyclic) bond motifs is 1. The van der Waals surface area contributed by atoms with E-state index >= 15 is 0 Å². The molecule has 1 aromatic heterocycles. The molecule has 0 N–H and O–H groups in total. The first-order chi connectivity index (χ1) is 14.1. The van der Waals surface area contributed by atoms with Gasteiger partial charge in [0.1, 0.15) is 0 Å². The molecule has 2 fully saturated rings. The molecule has 2 aromatic rings. The van der Waals surface area contributed by atoms with Gasteiger partial charge in [0.25, 0.3) is 11.7 Å². The van der Waals surface area contributed by atoms with Crippen LogP contribution in [0.15, 0.2) is 24.4 Å². The monoisotopic (exact) mass is 460 g/mol. The predicted molar refractivity (Wildman–Crippen MR) is 109 cm³/mol. The van der Waals surface area contributed by atoms with E-state index < -0.39 is 11.7 Å². The SMILES string of the molecule is O=C1C(=O)N(CCn2cc([C]3[CH][CH][CH][CH]3)nn2)c2ccc(Cl)cc21.[CH]1[CH][CH][CH][CH]1.[Fe+2]. The van der Waals surface area contributed by atoms with Crippen molar-refractivity contribution in [1.82, 2.24) is 15.0 Å². The molecule has 10 radical (unpaired) electrons. The Labute approximate surface area is 192 Å². The minimum absolute atomic E-state index is 0. The van der Waals surface area contributed by atoms with E-state index in [-0.39, 0.29) is 17.1 Å². The zero-order valence-corrected chi connectivity index (χ0v) is 17.6. The standard InChI is InChI=1S/C17H12ClN4O2.C5H5.Fe/c18-12-5-6-15-13(9-12)16(23)17(24)22(15)8-7-21-10-14(19-20-21)11-3-1-2-4-11;1-2-4-5-3-1;/h1-6,9-10H,7-8H2;1-5H;/q;;+2. The molecule has 0 atom stereocenters. The van der Waals surface area contributed by atoms with Crippen LogP contribution in [0.25, 0.3) is 0 Å². The largest absolute Gasteiger partial charge is 2.00 e. The Kier molecular flexibility index (Phi) is 8.09. The smallest absolute Gasteiger partial charge is 0.303 e. The number of hydrogen-bond acceptors (Lipinski definition) is 4. The topological polar surface area (TPSA) is 68.1 Å². The third-order valence-corrected chi connectivity index (χ3v) is 4.77. The van der Waals surface area contributed by atoms with Gasteiger partial charge < -0.3 is 4.90 Å². The van der Waals surface area contributed by atoms with Gasteiger partial charge in [-0.1, -0.05) is 16.8 Å². The van der Waals surface area contributed by atoms with Crippen LogP contribution in [0.5, 0.6) is 0 Å². The van der Waals surface area contributed by atoms with Gasteiger partial charge >= 0.3 is 17.1 Å². The van der Waals surface area contributed by atoms with Crippen LogP contribution in [-0.2, 0) is 28.4 Å². The maximum absolute atomic E-state index is 12.2. The first kappa shape index (κ1) is 23.0. The van der Waals surface area contributed by atoms with Crippen molar-refractivity contribution < 1.29 is 26.7 Å². The molecular formula is C22H17ClFeN4O2+2. The summed E-state index contributed by atoms with van der Waals surface area (Å²) in [6, 6.07) is 4.89. The number of carbonyl (C=O) groups is 2. The Bertz CT molecular complexity index is 883. The van der Waals surface area contributed by atoms with Crippen molar-refractivity contribution in [3.8, 4) is 0 Å². The second-order valence-corrected chi connectivity index (χ2v) is 6.89. The van der Waals surface area contributed by atoms with E-state index in [1.165, 1.54) is 11.0 Å². The van der Waals surface area contributed by atoms with Crippen LogP contribution in [0, 0.1) is 63.7 Å². The van der Waals surface area contributed by atoms with Gasteiger partial charge in [-0.15, -0.1) is 5.10 Å². The molecule has 0 unspecified atom stereocenters. The number of rotatable bonds is 4. The van der Waals surface area contributed by atoms with Crippen molar-refractivity contribution in [2.45, 2.75) is 6.54 Å². The third-order valence-electron chi connectivity index (χ3n) is 4.54. The summed E-state index contributed by atoms with van der Waals surface area (Å²) in [5.74, 6) is -0.0686. The number of carbonyl (C=O) groups excluding carboxylic acids is 2. The summed E-state index contributed by atoms with van der Waals surface area (Å²) in [7, 11) is 0. The van der Waals surface area contributed by atoms with Gasteiger partial charge in [-0.2, -0.15) is 0 Å². The third kappa shape index (κ3) is 5.13. The number of Topliss-reactive ketones (excluding diaryl/α,β-unsaturated/α-hetero) is 1. The van der Waals surface area contributed by atoms with Crippen LogP contribution in [-0.4, -0.2) is 33.2 Å². The first-order valence-corrected chi connectivity index (χ1v) is 9.46. The predicted octanol–water partition coefficient (Wildman–Crippen LogP) is 2.93. The number of anilines is 1. The number of benzene rings is 1. The minimum Gasteiger partial charge on any atom is -0.303 e. The Hall–Kier alpha value is -1.69. The quantitative estimate of drug-likeness (QED) is 0.520. The van der Waals surface area contributed by atoms with Crippen molar-refractivity contribution in [1.29, 1.82) is 0 Å². The molecule has 0 saturated heterocycles. The number of nitrogens with zero attached hydrogens (tertiary/aromatic N) is 4. The summed E-state index contributed by atoms with van der Waals surface area (Å²) in [6.07, 6.45) is 19.6. The Balaban J connectivity index is 0.000000376. The Morgan fingerprint density at radius 1 is 0.900 bits per heavy atom. The molecular weight excluding hydrogens is 444 g/mol. The first-order valence-electron chi connectivity index (χ1n) is 9.08. The molecule has 1 amide bonds. The van der Waals surface area contributed by atoms with E-state index in [4.69, 9.17) is 11.6 Å². The molecule has 3 aliphatic rings. The normalized spacial score (nSPS) is 18.2. The molecule has 150 valence electrons. The Morgan fingerprint density at radius 2 is 1.57 bits per heavy atom.